The molecule has 0 saturated carbocycles. The molecule has 1 aromatic heterocycles. The van der Waals surface area contributed by atoms with Gasteiger partial charge in [-0.05, 0) is 60.1 Å². The first kappa shape index (κ1) is 17.5. The summed E-state index contributed by atoms with van der Waals surface area (Å²) in [6, 6.07) is 11.3. The van der Waals surface area contributed by atoms with Crippen LogP contribution in [0.15, 0.2) is 42.5 Å². The fourth-order valence-corrected chi connectivity index (χ4v) is 4.12. The van der Waals surface area contributed by atoms with Crippen molar-refractivity contribution in [2.75, 3.05) is 0 Å². The van der Waals surface area contributed by atoms with Gasteiger partial charge in [0.1, 0.15) is 17.9 Å². The van der Waals surface area contributed by atoms with Crippen molar-refractivity contribution in [1.29, 1.82) is 0 Å². The number of aldehydes is 1. The van der Waals surface area contributed by atoms with Gasteiger partial charge >= 0.3 is 0 Å². The Kier molecular flexibility index (Phi) is 5.40. The van der Waals surface area contributed by atoms with Crippen LogP contribution in [0.25, 0.3) is 11.0 Å². The highest BCUT2D eigenvalue weighted by atomic mass is 31.0. The monoisotopic (exact) mass is 357 g/mol. The van der Waals surface area contributed by atoms with Gasteiger partial charge in [-0.2, -0.15) is 0 Å². The van der Waals surface area contributed by atoms with E-state index in [-0.39, 0.29) is 11.6 Å². The summed E-state index contributed by atoms with van der Waals surface area (Å²) in [5.74, 6) is -0.508. The van der Waals surface area contributed by atoms with Crippen molar-refractivity contribution in [3.05, 3.63) is 76.2 Å². The normalized spacial score (nSPS) is 11.2. The molecule has 3 rings (SSSR count). The Bertz CT molecular complexity index is 887. The smallest absolute Gasteiger partial charge is 0.126 e. The highest BCUT2D eigenvalue weighted by Crippen LogP contribution is 2.35. The lowest BCUT2D eigenvalue weighted by molar-refractivity contribution is -0.107. The van der Waals surface area contributed by atoms with Gasteiger partial charge in [0.15, 0.2) is 0 Å². The molecule has 25 heavy (non-hydrogen) atoms. The minimum atomic E-state index is -0.282. The van der Waals surface area contributed by atoms with Gasteiger partial charge in [-0.15, -0.1) is 8.19 Å². The van der Waals surface area contributed by atoms with Crippen molar-refractivity contribution in [2.24, 2.45) is 0 Å². The Balaban J connectivity index is 1.97. The molecule has 0 amide bonds. The van der Waals surface area contributed by atoms with E-state index in [2.05, 4.69) is 0 Å². The number of hydrogen-bond donors (Lipinski definition) is 0. The molecule has 128 valence electrons. The van der Waals surface area contributed by atoms with Crippen LogP contribution >= 0.6 is 8.19 Å². The van der Waals surface area contributed by atoms with Gasteiger partial charge in [-0.25, -0.2) is 13.8 Å². The van der Waals surface area contributed by atoms with Crippen LogP contribution in [0, 0.1) is 18.6 Å². The van der Waals surface area contributed by atoms with E-state index < -0.39 is 0 Å². The maximum absolute atomic E-state index is 13.8. The van der Waals surface area contributed by atoms with Crippen LogP contribution in [0.2, 0.25) is 0 Å². The second kappa shape index (κ2) is 7.71. The lowest BCUT2D eigenvalue weighted by Crippen LogP contribution is -1.98. The number of rotatable bonds is 6. The fourth-order valence-electron chi connectivity index (χ4n) is 2.77. The number of nitrogens with zero attached hydrogens (tertiary/aromatic N) is 1. The number of halogens is 2. The molecule has 0 aliphatic rings. The van der Waals surface area contributed by atoms with Crippen LogP contribution in [-0.2, 0) is 17.6 Å². The summed E-state index contributed by atoms with van der Waals surface area (Å²) in [6.45, 7) is 1.76. The molecular formula is C20H18F2NOP. The summed E-state index contributed by atoms with van der Waals surface area (Å²) in [4.78, 5) is 15.5. The van der Waals surface area contributed by atoms with E-state index in [4.69, 9.17) is 4.98 Å². The van der Waals surface area contributed by atoms with Crippen LogP contribution in [0.1, 0.15) is 28.5 Å². The van der Waals surface area contributed by atoms with Crippen LogP contribution in [0.3, 0.4) is 0 Å². The summed E-state index contributed by atoms with van der Waals surface area (Å²) >= 11 is 0. The first-order chi connectivity index (χ1) is 12.1. The second-order valence-corrected chi connectivity index (χ2v) is 7.25. The predicted molar refractivity (Wildman–Crippen MR) is 97.5 cm³/mol. The van der Waals surface area contributed by atoms with Gasteiger partial charge in [-0.1, -0.05) is 12.1 Å². The van der Waals surface area contributed by atoms with Gasteiger partial charge in [0.2, 0.25) is 0 Å². The third-order valence-corrected chi connectivity index (χ3v) is 5.71. The molecule has 0 aliphatic heterocycles. The zero-order valence-corrected chi connectivity index (χ0v) is 14.9. The summed E-state index contributed by atoms with van der Waals surface area (Å²) < 4.78 is 26.9. The minimum absolute atomic E-state index is 0.226. The predicted octanol–water partition coefficient (Wildman–Crippen LogP) is 5.09. The van der Waals surface area contributed by atoms with Crippen molar-refractivity contribution < 1.29 is 13.6 Å². The molecular weight excluding hydrogens is 339 g/mol. The van der Waals surface area contributed by atoms with Crippen LogP contribution in [0.4, 0.5) is 8.78 Å². The quantitative estimate of drug-likeness (QED) is 0.575. The maximum Gasteiger partial charge on any atom is 0.126 e. The zero-order valence-electron chi connectivity index (χ0n) is 13.9. The molecule has 0 aliphatic carbocycles. The minimum Gasteiger partial charge on any atom is -0.303 e. The van der Waals surface area contributed by atoms with E-state index in [0.29, 0.717) is 33.0 Å². The molecule has 1 heterocycles. The topological polar surface area (TPSA) is 30.0 Å². The van der Waals surface area contributed by atoms with Crippen molar-refractivity contribution in [2.45, 2.75) is 26.2 Å². The third-order valence-electron chi connectivity index (χ3n) is 4.23. The van der Waals surface area contributed by atoms with Gasteiger partial charge in [0, 0.05) is 18.4 Å². The summed E-state index contributed by atoms with van der Waals surface area (Å²) in [6.07, 6.45) is 2.54. The molecule has 1 unspecified atom stereocenters. The number of carbonyl (C=O) groups excluding carboxylic acids is 1. The maximum atomic E-state index is 13.8. The highest BCUT2D eigenvalue weighted by Gasteiger charge is 2.14. The number of carbonyl (C=O) groups is 1. The third kappa shape index (κ3) is 4.02. The second-order valence-electron chi connectivity index (χ2n) is 5.92. The Labute approximate surface area is 147 Å². The molecule has 5 heteroatoms. The Morgan fingerprint density at radius 2 is 1.88 bits per heavy atom. The molecule has 3 aromatic rings. The van der Waals surface area contributed by atoms with Crippen molar-refractivity contribution in [1.82, 2.24) is 4.98 Å². The summed E-state index contributed by atoms with van der Waals surface area (Å²) in [5, 5.41) is 1.12. The van der Waals surface area contributed by atoms with E-state index >= 15 is 0 Å². The Morgan fingerprint density at radius 1 is 1.12 bits per heavy atom. The Morgan fingerprint density at radius 3 is 2.60 bits per heavy atom. The van der Waals surface area contributed by atoms with E-state index in [9.17, 15) is 13.6 Å². The van der Waals surface area contributed by atoms with E-state index in [1.165, 1.54) is 18.2 Å². The largest absolute Gasteiger partial charge is 0.303 e. The molecule has 2 aromatic carbocycles. The lowest BCUT2D eigenvalue weighted by Gasteiger charge is -2.06. The number of aryl methyl sites for hydroxylation is 1. The first-order valence-electron chi connectivity index (χ1n) is 8.10. The number of benzene rings is 2. The first-order valence-corrected chi connectivity index (χ1v) is 9.10. The van der Waals surface area contributed by atoms with Crippen LogP contribution < -0.4 is 0 Å². The molecule has 0 fully saturated rings. The average Bonchev–Trinajstić information content (AvgIpc) is 3.00. The lowest BCUT2D eigenvalue weighted by atomic mass is 10.0. The molecule has 1 atom stereocenters. The molecule has 0 N–H and O–H groups in total. The van der Waals surface area contributed by atoms with Gasteiger partial charge in [0.25, 0.3) is 0 Å². The fraction of sp³-hybridized carbons (Fsp3) is 0.200. The Hall–Kier alpha value is -2.32. The van der Waals surface area contributed by atoms with Crippen molar-refractivity contribution in [3.8, 4) is 11.0 Å². The standard InChI is InChI=1S/C20H18F2NOP/c1-13-15(4-2-5-17(13)22)12-18-19(6-3-11-24)25-20(23-18)14-7-9-16(21)10-8-14/h2,4-5,7-11,25H,3,6,12H2,1H3. The van der Waals surface area contributed by atoms with Crippen molar-refractivity contribution >= 4 is 14.5 Å². The van der Waals surface area contributed by atoms with Gasteiger partial charge < -0.3 is 4.79 Å². The number of hydrogen-bond acceptors (Lipinski definition) is 2. The SMILES string of the molecule is Cc1c(F)cccc1Cc1nc(-c2ccc(F)cc2)[pH]c1CCC=O. The molecule has 0 bridgehead atoms. The number of aromatic nitrogens is 1. The molecule has 2 nitrogen and oxygen atoms in total. The molecule has 0 saturated heterocycles. The van der Waals surface area contributed by atoms with E-state index in [1.54, 1.807) is 25.1 Å². The van der Waals surface area contributed by atoms with Crippen LogP contribution in [0.5, 0.6) is 0 Å². The highest BCUT2D eigenvalue weighted by molar-refractivity contribution is 7.34. The van der Waals surface area contributed by atoms with Crippen molar-refractivity contribution in [3.63, 3.8) is 0 Å². The summed E-state index contributed by atoms with van der Waals surface area (Å²) in [7, 11) is 0.356. The molecule has 0 radical (unpaired) electrons. The summed E-state index contributed by atoms with van der Waals surface area (Å²) in [5.41, 5.74) is 4.19. The molecule has 0 spiro atoms. The van der Waals surface area contributed by atoms with E-state index in [0.717, 1.165) is 33.8 Å². The van der Waals surface area contributed by atoms with E-state index in [1.807, 2.05) is 6.07 Å². The van der Waals surface area contributed by atoms with Gasteiger partial charge in [-0.3, -0.25) is 0 Å². The average molecular weight is 357 g/mol. The van der Waals surface area contributed by atoms with Crippen LogP contribution in [-0.4, -0.2) is 11.3 Å². The zero-order chi connectivity index (χ0) is 17.8. The van der Waals surface area contributed by atoms with Gasteiger partial charge in [0.05, 0.1) is 11.1 Å².